The molecule has 4 aliphatic carbocycles. The number of allylic oxidation sites excluding steroid dienone is 1. The summed E-state index contributed by atoms with van der Waals surface area (Å²) in [6, 6.07) is 0. The zero-order valence-corrected chi connectivity index (χ0v) is 12.4. The first kappa shape index (κ1) is 14.2. The van der Waals surface area contributed by atoms with Crippen LogP contribution in [0.2, 0.25) is 0 Å². The van der Waals surface area contributed by atoms with Gasteiger partial charge in [-0.2, -0.15) is 0 Å². The van der Waals surface area contributed by atoms with Gasteiger partial charge in [0.25, 0.3) is 0 Å². The van der Waals surface area contributed by atoms with Crippen molar-refractivity contribution in [3.05, 3.63) is 12.7 Å². The molecule has 4 saturated carbocycles. The molecule has 0 heteroatoms. The van der Waals surface area contributed by atoms with Crippen LogP contribution in [0, 0.1) is 23.7 Å². The molecule has 4 fully saturated rings. The number of hydrogen-bond acceptors (Lipinski definition) is 0. The molecule has 0 unspecified atom stereocenters. The van der Waals surface area contributed by atoms with E-state index in [0.717, 1.165) is 0 Å². The molecule has 0 aromatic carbocycles. The first-order chi connectivity index (χ1) is 8.81. The fraction of sp³-hybridized carbons (Fsp3) is 0.889. The molecule has 4 bridgehead atoms. The van der Waals surface area contributed by atoms with Crippen LogP contribution in [0.5, 0.6) is 0 Å². The Kier molecular flexibility index (Phi) is 5.79. The maximum atomic E-state index is 3.66. The van der Waals surface area contributed by atoms with Gasteiger partial charge < -0.3 is 0 Å². The zero-order valence-electron chi connectivity index (χ0n) is 12.4. The van der Waals surface area contributed by atoms with Crippen LogP contribution in [0.1, 0.15) is 77.6 Å². The van der Waals surface area contributed by atoms with Crippen molar-refractivity contribution in [2.75, 3.05) is 0 Å². The molecule has 0 aromatic rings. The predicted octanol–water partition coefficient (Wildman–Crippen LogP) is 5.98. The topological polar surface area (TPSA) is 0 Å². The van der Waals surface area contributed by atoms with Gasteiger partial charge in [0.05, 0.1) is 0 Å². The summed E-state index contributed by atoms with van der Waals surface area (Å²) in [4.78, 5) is 0. The monoisotopic (exact) mass is 248 g/mol. The molecule has 0 saturated heterocycles. The molecule has 0 aliphatic heterocycles. The quantitative estimate of drug-likeness (QED) is 0.415. The highest BCUT2D eigenvalue weighted by Gasteiger charge is 2.41. The Hall–Kier alpha value is -0.260. The van der Waals surface area contributed by atoms with E-state index in [1.54, 1.807) is 38.5 Å². The summed E-state index contributed by atoms with van der Waals surface area (Å²) >= 11 is 0. The van der Waals surface area contributed by atoms with Gasteiger partial charge in [0.1, 0.15) is 0 Å². The van der Waals surface area contributed by atoms with E-state index in [1.165, 1.54) is 55.8 Å². The Bertz CT molecular complexity index is 184. The molecule has 0 atom stereocenters. The number of unbranched alkanes of at least 4 members (excludes halogenated alkanes) is 4. The molecule has 0 heterocycles. The van der Waals surface area contributed by atoms with Crippen LogP contribution in [0.15, 0.2) is 12.7 Å². The summed E-state index contributed by atoms with van der Waals surface area (Å²) in [6.45, 7) is 5.89. The highest BCUT2D eigenvalue weighted by Crippen LogP contribution is 2.53. The van der Waals surface area contributed by atoms with E-state index in [2.05, 4.69) is 13.5 Å². The fourth-order valence-corrected chi connectivity index (χ4v) is 4.70. The van der Waals surface area contributed by atoms with E-state index in [4.69, 9.17) is 0 Å². The lowest BCUT2D eigenvalue weighted by atomic mass is 9.56. The predicted molar refractivity (Wildman–Crippen MR) is 80.6 cm³/mol. The lowest BCUT2D eigenvalue weighted by Crippen LogP contribution is -2.38. The van der Waals surface area contributed by atoms with Gasteiger partial charge in [0.2, 0.25) is 0 Å². The van der Waals surface area contributed by atoms with Crippen molar-refractivity contribution in [2.45, 2.75) is 77.6 Å². The third-order valence-corrected chi connectivity index (χ3v) is 5.26. The molecule has 4 rings (SSSR count). The minimum atomic E-state index is 1.18. The second-order valence-electron chi connectivity index (χ2n) is 7.02. The van der Waals surface area contributed by atoms with Crippen LogP contribution >= 0.6 is 0 Å². The first-order valence-corrected chi connectivity index (χ1v) is 8.42. The summed E-state index contributed by atoms with van der Waals surface area (Å²) in [5, 5.41) is 0. The van der Waals surface area contributed by atoms with E-state index < -0.39 is 0 Å². The Balaban J connectivity index is 0.000000139. The maximum absolute atomic E-state index is 3.66. The van der Waals surface area contributed by atoms with E-state index in [9.17, 15) is 0 Å². The molecule has 0 aromatic heterocycles. The van der Waals surface area contributed by atoms with Gasteiger partial charge in [-0.15, -0.1) is 6.58 Å². The lowest BCUT2D eigenvalue weighted by molar-refractivity contribution is 0.0198. The summed E-state index contributed by atoms with van der Waals surface area (Å²) in [5.74, 6) is 4.71. The van der Waals surface area contributed by atoms with Crippen molar-refractivity contribution in [1.29, 1.82) is 0 Å². The van der Waals surface area contributed by atoms with E-state index in [-0.39, 0.29) is 0 Å². The number of hydrogen-bond donors (Lipinski definition) is 0. The van der Waals surface area contributed by atoms with Gasteiger partial charge >= 0.3 is 0 Å². The Labute approximate surface area is 114 Å². The number of rotatable bonds is 5. The van der Waals surface area contributed by atoms with Crippen LogP contribution in [-0.2, 0) is 0 Å². The molecule has 104 valence electrons. The van der Waals surface area contributed by atoms with Crippen LogP contribution in [0.3, 0.4) is 0 Å². The Morgan fingerprint density at radius 3 is 1.56 bits per heavy atom. The van der Waals surface area contributed by atoms with Crippen LogP contribution < -0.4 is 0 Å². The van der Waals surface area contributed by atoms with Crippen LogP contribution in [0.25, 0.3) is 0 Å². The van der Waals surface area contributed by atoms with E-state index >= 15 is 0 Å². The molecule has 0 spiro atoms. The van der Waals surface area contributed by atoms with Crippen molar-refractivity contribution < 1.29 is 0 Å². The Morgan fingerprint density at radius 2 is 1.22 bits per heavy atom. The summed E-state index contributed by atoms with van der Waals surface area (Å²) in [5.41, 5.74) is 0. The SMILES string of the molecule is C1C2CC3CC1CC(C2)C3.C=CCCCCCC. The highest BCUT2D eigenvalue weighted by atomic mass is 14.5. The third-order valence-electron chi connectivity index (χ3n) is 5.26. The summed E-state index contributed by atoms with van der Waals surface area (Å²) in [6.07, 6.45) is 18.2. The second kappa shape index (κ2) is 7.36. The molecule has 0 N–H and O–H groups in total. The minimum Gasteiger partial charge on any atom is -0.103 e. The molecule has 0 radical (unpaired) electrons. The van der Waals surface area contributed by atoms with Gasteiger partial charge in [-0.05, 0) is 75.0 Å². The molecule has 0 amide bonds. The van der Waals surface area contributed by atoms with Gasteiger partial charge in [0.15, 0.2) is 0 Å². The van der Waals surface area contributed by atoms with E-state index in [0.29, 0.717) is 0 Å². The maximum Gasteiger partial charge on any atom is -0.0353 e. The zero-order chi connectivity index (χ0) is 12.8. The smallest absolute Gasteiger partial charge is 0.0353 e. The molecule has 0 nitrogen and oxygen atoms in total. The molecular weight excluding hydrogens is 216 g/mol. The van der Waals surface area contributed by atoms with E-state index in [1.807, 2.05) is 6.08 Å². The average Bonchev–Trinajstić information content (AvgIpc) is 2.34. The second-order valence-corrected chi connectivity index (χ2v) is 7.02. The third kappa shape index (κ3) is 4.14. The van der Waals surface area contributed by atoms with Crippen molar-refractivity contribution in [3.63, 3.8) is 0 Å². The fourth-order valence-electron chi connectivity index (χ4n) is 4.70. The van der Waals surface area contributed by atoms with Gasteiger partial charge in [0, 0.05) is 0 Å². The molecule has 18 heavy (non-hydrogen) atoms. The summed E-state index contributed by atoms with van der Waals surface area (Å²) in [7, 11) is 0. The highest BCUT2D eigenvalue weighted by molar-refractivity contribution is 4.92. The minimum absolute atomic E-state index is 1.18. The van der Waals surface area contributed by atoms with Crippen LogP contribution in [-0.4, -0.2) is 0 Å². The van der Waals surface area contributed by atoms with Gasteiger partial charge in [-0.3, -0.25) is 0 Å². The van der Waals surface area contributed by atoms with Gasteiger partial charge in [-0.1, -0.05) is 32.3 Å². The molecule has 4 aliphatic rings. The standard InChI is InChI=1S/C10H16.C8H16/c1-7-2-9-4-8(1)5-10(3-7)6-9;1-3-5-7-8-6-4-2/h7-10H,1-6H2;3H,1,4-8H2,2H3. The Morgan fingerprint density at radius 1 is 0.778 bits per heavy atom. The van der Waals surface area contributed by atoms with Gasteiger partial charge in [-0.25, -0.2) is 0 Å². The lowest BCUT2D eigenvalue weighted by Gasteiger charge is -2.49. The van der Waals surface area contributed by atoms with Crippen molar-refractivity contribution in [2.24, 2.45) is 23.7 Å². The van der Waals surface area contributed by atoms with Crippen molar-refractivity contribution >= 4 is 0 Å². The first-order valence-electron chi connectivity index (χ1n) is 8.42. The summed E-state index contributed by atoms with van der Waals surface area (Å²) < 4.78 is 0. The normalized spacial score (nSPS) is 36.1. The van der Waals surface area contributed by atoms with Crippen LogP contribution in [0.4, 0.5) is 0 Å². The molecular formula is C18H32. The van der Waals surface area contributed by atoms with Crippen molar-refractivity contribution in [1.82, 2.24) is 0 Å². The van der Waals surface area contributed by atoms with Crippen molar-refractivity contribution in [3.8, 4) is 0 Å². The average molecular weight is 248 g/mol. The largest absolute Gasteiger partial charge is 0.103 e.